The summed E-state index contributed by atoms with van der Waals surface area (Å²) in [5, 5.41) is 3.17. The highest BCUT2D eigenvalue weighted by molar-refractivity contribution is 5.24. The monoisotopic (exact) mass is 195 g/mol. The van der Waals surface area contributed by atoms with Crippen molar-refractivity contribution in [1.29, 1.82) is 0 Å². The fraction of sp³-hybridized carbons (Fsp3) is 0.500. The first kappa shape index (κ1) is 10.8. The second kappa shape index (κ2) is 6.21. The Kier molecular flexibility index (Phi) is 4.78. The van der Waals surface area contributed by atoms with Crippen LogP contribution in [0.3, 0.4) is 0 Å². The molecule has 0 saturated heterocycles. The maximum Gasteiger partial charge on any atom is 0.202 e. The molecule has 0 bridgehead atoms. The molecule has 0 fully saturated rings. The highest BCUT2D eigenvalue weighted by atomic mass is 16.5. The molecule has 0 aliphatic rings. The van der Waals surface area contributed by atoms with Crippen molar-refractivity contribution in [1.82, 2.24) is 9.55 Å². The van der Waals surface area contributed by atoms with Gasteiger partial charge in [-0.2, -0.15) is 0 Å². The lowest BCUT2D eigenvalue weighted by Gasteiger charge is -2.05. The molecular formula is C10H17N3O. The maximum absolute atomic E-state index is 5.34. The van der Waals surface area contributed by atoms with Gasteiger partial charge in [0.1, 0.15) is 0 Å². The minimum absolute atomic E-state index is 0.695. The lowest BCUT2D eigenvalue weighted by atomic mass is 10.4. The van der Waals surface area contributed by atoms with Gasteiger partial charge in [0.05, 0.1) is 13.2 Å². The molecule has 0 atom stereocenters. The Balaban J connectivity index is 2.04. The Morgan fingerprint density at radius 2 is 2.50 bits per heavy atom. The molecule has 1 aromatic heterocycles. The number of hydrogen-bond acceptors (Lipinski definition) is 3. The molecule has 0 unspecified atom stereocenters. The Hall–Kier alpha value is -1.29. The Labute approximate surface area is 84.6 Å². The number of imidazole rings is 1. The standard InChI is InChI=1S/C10H17N3O/c1-3-4-8-14-9-6-12-10-11-5-7-13(10)2/h3,5,7H,1,4,6,8-9H2,2H3,(H,11,12). The zero-order valence-electron chi connectivity index (χ0n) is 8.57. The van der Waals surface area contributed by atoms with Crippen molar-refractivity contribution in [2.75, 3.05) is 25.1 Å². The topological polar surface area (TPSA) is 39.1 Å². The van der Waals surface area contributed by atoms with Crippen molar-refractivity contribution in [3.63, 3.8) is 0 Å². The van der Waals surface area contributed by atoms with Crippen LogP contribution >= 0.6 is 0 Å². The van der Waals surface area contributed by atoms with E-state index in [2.05, 4.69) is 16.9 Å². The van der Waals surface area contributed by atoms with Crippen molar-refractivity contribution in [3.8, 4) is 0 Å². The van der Waals surface area contributed by atoms with Crippen LogP contribution in [0.2, 0.25) is 0 Å². The van der Waals surface area contributed by atoms with Crippen LogP contribution in [0, 0.1) is 0 Å². The van der Waals surface area contributed by atoms with E-state index in [0.717, 1.165) is 25.5 Å². The first-order valence-corrected chi connectivity index (χ1v) is 4.74. The van der Waals surface area contributed by atoms with Crippen molar-refractivity contribution in [2.45, 2.75) is 6.42 Å². The molecule has 1 N–H and O–H groups in total. The van der Waals surface area contributed by atoms with E-state index in [1.807, 2.05) is 23.9 Å². The largest absolute Gasteiger partial charge is 0.379 e. The summed E-state index contributed by atoms with van der Waals surface area (Å²) in [6, 6.07) is 0. The van der Waals surface area contributed by atoms with E-state index in [0.29, 0.717) is 6.61 Å². The van der Waals surface area contributed by atoms with E-state index >= 15 is 0 Å². The summed E-state index contributed by atoms with van der Waals surface area (Å²) < 4.78 is 7.28. The lowest BCUT2D eigenvalue weighted by molar-refractivity contribution is 0.148. The third-order valence-electron chi connectivity index (χ3n) is 1.82. The van der Waals surface area contributed by atoms with Crippen molar-refractivity contribution in [3.05, 3.63) is 25.0 Å². The predicted molar refractivity (Wildman–Crippen MR) is 57.3 cm³/mol. The van der Waals surface area contributed by atoms with Gasteiger partial charge in [0.15, 0.2) is 0 Å². The molecule has 0 amide bonds. The molecule has 0 aliphatic heterocycles. The van der Waals surface area contributed by atoms with Gasteiger partial charge in [-0.15, -0.1) is 6.58 Å². The summed E-state index contributed by atoms with van der Waals surface area (Å²) in [7, 11) is 1.95. The third kappa shape index (κ3) is 3.62. The van der Waals surface area contributed by atoms with Crippen LogP contribution in [0.25, 0.3) is 0 Å². The second-order valence-electron chi connectivity index (χ2n) is 2.98. The van der Waals surface area contributed by atoms with Gasteiger partial charge in [-0.05, 0) is 6.42 Å². The van der Waals surface area contributed by atoms with Crippen molar-refractivity contribution >= 4 is 5.95 Å². The average Bonchev–Trinajstić information content (AvgIpc) is 2.58. The molecule has 4 heteroatoms. The van der Waals surface area contributed by atoms with Crippen molar-refractivity contribution in [2.24, 2.45) is 7.05 Å². The number of anilines is 1. The highest BCUT2D eigenvalue weighted by Gasteiger charge is 1.95. The molecular weight excluding hydrogens is 178 g/mol. The fourth-order valence-corrected chi connectivity index (χ4v) is 1.04. The first-order valence-electron chi connectivity index (χ1n) is 4.74. The summed E-state index contributed by atoms with van der Waals surface area (Å²) >= 11 is 0. The quantitative estimate of drug-likeness (QED) is 0.528. The fourth-order valence-electron chi connectivity index (χ4n) is 1.04. The molecule has 0 aliphatic carbocycles. The molecule has 78 valence electrons. The number of aromatic nitrogens is 2. The Bertz CT molecular complexity index is 270. The van der Waals surface area contributed by atoms with Crippen LogP contribution in [-0.4, -0.2) is 29.3 Å². The summed E-state index contributed by atoms with van der Waals surface area (Å²) in [6.45, 7) is 5.84. The Morgan fingerprint density at radius 3 is 3.14 bits per heavy atom. The van der Waals surface area contributed by atoms with Gasteiger partial charge >= 0.3 is 0 Å². The van der Waals surface area contributed by atoms with Crippen molar-refractivity contribution < 1.29 is 4.74 Å². The van der Waals surface area contributed by atoms with Crippen LogP contribution in [0.5, 0.6) is 0 Å². The van der Waals surface area contributed by atoms with Crippen LogP contribution in [-0.2, 0) is 11.8 Å². The van der Waals surface area contributed by atoms with Gasteiger partial charge in [-0.3, -0.25) is 0 Å². The number of ether oxygens (including phenoxy) is 1. The van der Waals surface area contributed by atoms with Gasteiger partial charge in [0.2, 0.25) is 5.95 Å². The summed E-state index contributed by atoms with van der Waals surface area (Å²) in [5.41, 5.74) is 0. The van der Waals surface area contributed by atoms with Gasteiger partial charge in [-0.25, -0.2) is 4.98 Å². The van der Waals surface area contributed by atoms with E-state index in [1.54, 1.807) is 6.20 Å². The molecule has 0 saturated carbocycles. The lowest BCUT2D eigenvalue weighted by Crippen LogP contribution is -2.12. The third-order valence-corrected chi connectivity index (χ3v) is 1.82. The average molecular weight is 195 g/mol. The first-order chi connectivity index (χ1) is 6.84. The number of nitrogens with zero attached hydrogens (tertiary/aromatic N) is 2. The molecule has 1 rings (SSSR count). The van der Waals surface area contributed by atoms with Gasteiger partial charge < -0.3 is 14.6 Å². The highest BCUT2D eigenvalue weighted by Crippen LogP contribution is 1.99. The minimum Gasteiger partial charge on any atom is -0.379 e. The zero-order valence-corrected chi connectivity index (χ0v) is 8.57. The molecule has 0 radical (unpaired) electrons. The molecule has 14 heavy (non-hydrogen) atoms. The molecule has 0 spiro atoms. The van der Waals surface area contributed by atoms with Gasteiger partial charge in [0.25, 0.3) is 0 Å². The van der Waals surface area contributed by atoms with E-state index in [-0.39, 0.29) is 0 Å². The predicted octanol–water partition coefficient (Wildman–Crippen LogP) is 1.42. The van der Waals surface area contributed by atoms with Crippen LogP contribution in [0.4, 0.5) is 5.95 Å². The molecule has 0 aromatic carbocycles. The normalized spacial score (nSPS) is 10.1. The SMILES string of the molecule is C=CCCOCCNc1nccn1C. The number of rotatable bonds is 7. The van der Waals surface area contributed by atoms with Crippen LogP contribution in [0.1, 0.15) is 6.42 Å². The van der Waals surface area contributed by atoms with E-state index < -0.39 is 0 Å². The maximum atomic E-state index is 5.34. The van der Waals surface area contributed by atoms with Crippen LogP contribution in [0.15, 0.2) is 25.0 Å². The number of nitrogens with one attached hydrogen (secondary N) is 1. The van der Waals surface area contributed by atoms with E-state index in [4.69, 9.17) is 4.74 Å². The molecule has 1 aromatic rings. The number of aryl methyl sites for hydroxylation is 1. The minimum atomic E-state index is 0.695. The smallest absolute Gasteiger partial charge is 0.202 e. The summed E-state index contributed by atoms with van der Waals surface area (Å²) in [4.78, 5) is 4.13. The van der Waals surface area contributed by atoms with Gasteiger partial charge in [0, 0.05) is 26.0 Å². The zero-order chi connectivity index (χ0) is 10.2. The van der Waals surface area contributed by atoms with Gasteiger partial charge in [-0.1, -0.05) is 6.08 Å². The van der Waals surface area contributed by atoms with E-state index in [1.165, 1.54) is 0 Å². The van der Waals surface area contributed by atoms with E-state index in [9.17, 15) is 0 Å². The summed E-state index contributed by atoms with van der Waals surface area (Å²) in [6.07, 6.45) is 6.43. The van der Waals surface area contributed by atoms with Crippen LogP contribution < -0.4 is 5.32 Å². The molecule has 1 heterocycles. The Morgan fingerprint density at radius 1 is 1.64 bits per heavy atom. The number of hydrogen-bond donors (Lipinski definition) is 1. The summed E-state index contributed by atoms with van der Waals surface area (Å²) in [5.74, 6) is 0.873. The second-order valence-corrected chi connectivity index (χ2v) is 2.98. The molecule has 4 nitrogen and oxygen atoms in total.